The molecule has 1 fully saturated rings. The molecule has 1 heterocycles. The molecule has 0 radical (unpaired) electrons. The van der Waals surface area contributed by atoms with Gasteiger partial charge in [0.2, 0.25) is 0 Å². The van der Waals surface area contributed by atoms with Crippen LogP contribution in [-0.2, 0) is 13.0 Å². The maximum Gasteiger partial charge on any atom is 0.0681 e. The summed E-state index contributed by atoms with van der Waals surface area (Å²) in [5.41, 5.74) is 3.88. The van der Waals surface area contributed by atoms with Gasteiger partial charge in [0.15, 0.2) is 0 Å². The number of nitrogens with zero attached hydrogens (tertiary/aromatic N) is 1. The average molecular weight is 203 g/mol. The molecule has 1 saturated carbocycles. The van der Waals surface area contributed by atoms with Crippen molar-refractivity contribution in [3.8, 4) is 0 Å². The topological polar surface area (TPSA) is 23.5 Å². The highest BCUT2D eigenvalue weighted by Crippen LogP contribution is 2.36. The number of rotatable bonds is 2. The van der Waals surface area contributed by atoms with Gasteiger partial charge in [-0.25, -0.2) is 0 Å². The van der Waals surface area contributed by atoms with E-state index in [1.807, 2.05) is 0 Å². The zero-order valence-corrected chi connectivity index (χ0v) is 8.95. The van der Waals surface area contributed by atoms with Gasteiger partial charge in [-0.1, -0.05) is 12.1 Å². The second-order valence-electron chi connectivity index (χ2n) is 4.65. The Hall–Kier alpha value is -1.02. The first kappa shape index (κ1) is 9.22. The molecule has 0 aromatic heterocycles. The summed E-state index contributed by atoms with van der Waals surface area (Å²) in [7, 11) is 0. The lowest BCUT2D eigenvalue weighted by molar-refractivity contribution is 0.282. The average Bonchev–Trinajstić information content (AvgIpc) is 2.59. The normalized spacial score (nSPS) is 20.2. The molecule has 1 N–H and O–H groups in total. The van der Waals surface area contributed by atoms with Gasteiger partial charge in [-0.2, -0.15) is 0 Å². The molecule has 0 amide bonds. The summed E-state index contributed by atoms with van der Waals surface area (Å²) in [4.78, 5) is 2.56. The van der Waals surface area contributed by atoms with Crippen LogP contribution >= 0.6 is 0 Å². The predicted molar refractivity (Wildman–Crippen MR) is 61.1 cm³/mol. The van der Waals surface area contributed by atoms with E-state index in [0.29, 0.717) is 0 Å². The summed E-state index contributed by atoms with van der Waals surface area (Å²) in [6.45, 7) is 1.34. The molecule has 2 aliphatic rings. The molecule has 2 nitrogen and oxygen atoms in total. The van der Waals surface area contributed by atoms with Crippen molar-refractivity contribution in [2.24, 2.45) is 0 Å². The first-order valence-corrected chi connectivity index (χ1v) is 5.88. The smallest absolute Gasteiger partial charge is 0.0681 e. The van der Waals surface area contributed by atoms with Crippen LogP contribution in [0.4, 0.5) is 5.69 Å². The van der Waals surface area contributed by atoms with Crippen molar-refractivity contribution in [3.63, 3.8) is 0 Å². The van der Waals surface area contributed by atoms with Crippen LogP contribution in [0.5, 0.6) is 0 Å². The number of aliphatic hydroxyl groups is 1. The number of benzene rings is 1. The molecule has 0 bridgehead atoms. The third-order valence-corrected chi connectivity index (χ3v) is 3.77. The van der Waals surface area contributed by atoms with E-state index in [-0.39, 0.29) is 6.61 Å². The van der Waals surface area contributed by atoms with Gasteiger partial charge in [-0.3, -0.25) is 0 Å². The highest BCUT2D eigenvalue weighted by molar-refractivity contribution is 5.60. The Morgan fingerprint density at radius 3 is 2.87 bits per heavy atom. The summed E-state index contributed by atoms with van der Waals surface area (Å²) >= 11 is 0. The van der Waals surface area contributed by atoms with E-state index in [0.717, 1.165) is 18.0 Å². The van der Waals surface area contributed by atoms with Crippen LogP contribution in [0.25, 0.3) is 0 Å². The van der Waals surface area contributed by atoms with E-state index in [1.54, 1.807) is 0 Å². The van der Waals surface area contributed by atoms with Gasteiger partial charge < -0.3 is 10.0 Å². The van der Waals surface area contributed by atoms with Crippen LogP contribution in [0.3, 0.4) is 0 Å². The Kier molecular flexibility index (Phi) is 2.17. The van der Waals surface area contributed by atoms with Gasteiger partial charge in [0.05, 0.1) is 6.61 Å². The number of aliphatic hydroxyl groups excluding tert-OH is 1. The maximum absolute atomic E-state index is 9.09. The summed E-state index contributed by atoms with van der Waals surface area (Å²) < 4.78 is 0. The fourth-order valence-electron chi connectivity index (χ4n) is 2.66. The Bertz CT molecular complexity index is 371. The Balaban J connectivity index is 1.89. The molecular formula is C13H17NO. The second kappa shape index (κ2) is 3.53. The van der Waals surface area contributed by atoms with Crippen molar-refractivity contribution in [3.05, 3.63) is 29.3 Å². The van der Waals surface area contributed by atoms with Crippen molar-refractivity contribution in [1.29, 1.82) is 0 Å². The summed E-state index contributed by atoms with van der Waals surface area (Å²) in [5, 5.41) is 9.09. The Morgan fingerprint density at radius 1 is 1.33 bits per heavy atom. The largest absolute Gasteiger partial charge is 0.392 e. The molecular weight excluding hydrogens is 186 g/mol. The quantitative estimate of drug-likeness (QED) is 0.795. The van der Waals surface area contributed by atoms with Crippen molar-refractivity contribution < 1.29 is 5.11 Å². The zero-order valence-electron chi connectivity index (χ0n) is 8.95. The number of hydrogen-bond donors (Lipinski definition) is 1. The van der Waals surface area contributed by atoms with Gasteiger partial charge in [0, 0.05) is 18.3 Å². The lowest BCUT2D eigenvalue weighted by atomic mass is 9.91. The number of anilines is 1. The van der Waals surface area contributed by atoms with Crippen molar-refractivity contribution >= 4 is 5.69 Å². The minimum absolute atomic E-state index is 0.163. The Morgan fingerprint density at radius 2 is 2.20 bits per heavy atom. The molecule has 1 aromatic rings. The van der Waals surface area contributed by atoms with Gasteiger partial charge in [-0.15, -0.1) is 0 Å². The van der Waals surface area contributed by atoms with Crippen LogP contribution in [0.15, 0.2) is 18.2 Å². The predicted octanol–water partition coefficient (Wildman–Crippen LogP) is 2.09. The van der Waals surface area contributed by atoms with E-state index in [4.69, 9.17) is 5.11 Å². The summed E-state index contributed by atoms with van der Waals surface area (Å²) in [6.07, 6.45) is 5.27. The highest BCUT2D eigenvalue weighted by Gasteiger charge is 2.29. The SMILES string of the molecule is OCc1ccc2c(c1)CCN2C1CCC1. The minimum Gasteiger partial charge on any atom is -0.392 e. The number of fused-ring (bicyclic) bond motifs is 1. The van der Waals surface area contributed by atoms with Crippen molar-refractivity contribution in [2.75, 3.05) is 11.4 Å². The molecule has 1 aromatic carbocycles. The van der Waals surface area contributed by atoms with Gasteiger partial charge in [0.1, 0.15) is 0 Å². The van der Waals surface area contributed by atoms with Crippen LogP contribution in [-0.4, -0.2) is 17.7 Å². The fraction of sp³-hybridized carbons (Fsp3) is 0.538. The standard InChI is InChI=1S/C13H17NO/c15-9-10-4-5-13-11(8-10)6-7-14(13)12-2-1-3-12/h4-5,8,12,15H,1-3,6-7,9H2. The molecule has 15 heavy (non-hydrogen) atoms. The molecule has 0 spiro atoms. The number of hydrogen-bond acceptors (Lipinski definition) is 2. The van der Waals surface area contributed by atoms with Crippen LogP contribution in [0.2, 0.25) is 0 Å². The molecule has 3 rings (SSSR count). The minimum atomic E-state index is 0.163. The molecule has 1 aliphatic heterocycles. The van der Waals surface area contributed by atoms with E-state index < -0.39 is 0 Å². The van der Waals surface area contributed by atoms with E-state index in [9.17, 15) is 0 Å². The summed E-state index contributed by atoms with van der Waals surface area (Å²) in [6, 6.07) is 7.20. The zero-order chi connectivity index (χ0) is 10.3. The van der Waals surface area contributed by atoms with E-state index >= 15 is 0 Å². The Labute approximate surface area is 90.5 Å². The molecule has 2 heteroatoms. The van der Waals surface area contributed by atoms with E-state index in [2.05, 4.69) is 23.1 Å². The molecule has 80 valence electrons. The molecule has 0 unspecified atom stereocenters. The van der Waals surface area contributed by atoms with Crippen LogP contribution in [0.1, 0.15) is 30.4 Å². The third-order valence-electron chi connectivity index (χ3n) is 3.77. The van der Waals surface area contributed by atoms with Gasteiger partial charge in [-0.05, 0) is 42.9 Å². The fourth-order valence-corrected chi connectivity index (χ4v) is 2.66. The first-order valence-electron chi connectivity index (χ1n) is 5.88. The van der Waals surface area contributed by atoms with Gasteiger partial charge >= 0.3 is 0 Å². The monoisotopic (exact) mass is 203 g/mol. The first-order chi connectivity index (χ1) is 7.38. The second-order valence-corrected chi connectivity index (χ2v) is 4.65. The summed E-state index contributed by atoms with van der Waals surface area (Å²) in [5.74, 6) is 0. The third kappa shape index (κ3) is 1.44. The lowest BCUT2D eigenvalue weighted by Crippen LogP contribution is -2.38. The molecule has 0 atom stereocenters. The maximum atomic E-state index is 9.09. The van der Waals surface area contributed by atoms with Crippen molar-refractivity contribution in [2.45, 2.75) is 38.3 Å². The van der Waals surface area contributed by atoms with Gasteiger partial charge in [0.25, 0.3) is 0 Å². The van der Waals surface area contributed by atoms with Crippen LogP contribution < -0.4 is 4.90 Å². The lowest BCUT2D eigenvalue weighted by Gasteiger charge is -2.36. The van der Waals surface area contributed by atoms with E-state index in [1.165, 1.54) is 37.1 Å². The molecule has 0 saturated heterocycles. The van der Waals surface area contributed by atoms with Crippen LogP contribution in [0, 0.1) is 0 Å². The van der Waals surface area contributed by atoms with Crippen molar-refractivity contribution in [1.82, 2.24) is 0 Å². The molecule has 1 aliphatic carbocycles. The highest BCUT2D eigenvalue weighted by atomic mass is 16.3.